The number of nitrogens with one attached hydrogen (secondary N) is 1. The van der Waals surface area contributed by atoms with Crippen molar-refractivity contribution in [3.05, 3.63) is 35.4 Å². The van der Waals surface area contributed by atoms with Crippen molar-refractivity contribution >= 4 is 11.8 Å². The van der Waals surface area contributed by atoms with E-state index in [1.54, 1.807) is 17.3 Å². The van der Waals surface area contributed by atoms with Gasteiger partial charge in [0.2, 0.25) is 5.91 Å². The monoisotopic (exact) mass is 304 g/mol. The molecule has 1 aliphatic heterocycles. The first-order chi connectivity index (χ1) is 10.4. The molecule has 2 N–H and O–H groups in total. The van der Waals surface area contributed by atoms with Crippen molar-refractivity contribution in [2.24, 2.45) is 5.41 Å². The molecule has 5 heteroatoms. The van der Waals surface area contributed by atoms with Crippen molar-refractivity contribution in [2.45, 2.75) is 46.1 Å². The summed E-state index contributed by atoms with van der Waals surface area (Å²) in [6.45, 7) is 6.21. The van der Waals surface area contributed by atoms with Crippen molar-refractivity contribution in [1.29, 1.82) is 0 Å². The average Bonchev–Trinajstić information content (AvgIpc) is 2.80. The van der Waals surface area contributed by atoms with Crippen LogP contribution in [0.4, 0.5) is 0 Å². The van der Waals surface area contributed by atoms with E-state index in [1.807, 2.05) is 13.0 Å². The maximum Gasteiger partial charge on any atom is 0.265 e. The highest BCUT2D eigenvalue weighted by Crippen LogP contribution is 2.37. The second-order valence-corrected chi connectivity index (χ2v) is 6.45. The Morgan fingerprint density at radius 2 is 2.23 bits per heavy atom. The maximum atomic E-state index is 12.6. The Hall–Kier alpha value is -1.88. The number of rotatable bonds is 5. The largest absolute Gasteiger partial charge is 0.330 e. The summed E-state index contributed by atoms with van der Waals surface area (Å²) in [6, 6.07) is 7.67. The summed E-state index contributed by atoms with van der Waals surface area (Å²) >= 11 is 0. The van der Waals surface area contributed by atoms with Crippen LogP contribution in [-0.4, -0.2) is 34.5 Å². The molecular weight excluding hydrogens is 280 g/mol. The number of carbonyl (C=O) groups excluding carboxylic acids is 2. The molecule has 120 valence electrons. The normalized spacial score (nSPS) is 22.7. The number of hydrogen-bond donors (Lipinski definition) is 2. The summed E-state index contributed by atoms with van der Waals surface area (Å²) in [7, 11) is 0. The molecule has 0 aliphatic carbocycles. The molecule has 2 amide bonds. The molecular formula is C17H24N2O3. The van der Waals surface area contributed by atoms with Gasteiger partial charge in [0.1, 0.15) is 6.04 Å². The van der Waals surface area contributed by atoms with E-state index < -0.39 is 17.4 Å². The molecule has 0 radical (unpaired) electrons. The van der Waals surface area contributed by atoms with Gasteiger partial charge in [-0.25, -0.2) is 5.48 Å². The third-order valence-corrected chi connectivity index (χ3v) is 4.69. The van der Waals surface area contributed by atoms with Gasteiger partial charge in [-0.1, -0.05) is 36.8 Å². The van der Waals surface area contributed by atoms with Gasteiger partial charge in [0.25, 0.3) is 5.91 Å². The van der Waals surface area contributed by atoms with Crippen LogP contribution in [0.3, 0.4) is 0 Å². The van der Waals surface area contributed by atoms with Crippen LogP contribution in [0, 0.1) is 12.3 Å². The first-order valence-electron chi connectivity index (χ1n) is 7.68. The molecule has 1 unspecified atom stereocenters. The van der Waals surface area contributed by atoms with Crippen LogP contribution in [-0.2, 0) is 16.0 Å². The van der Waals surface area contributed by atoms with Crippen LogP contribution in [0.25, 0.3) is 0 Å². The van der Waals surface area contributed by atoms with Gasteiger partial charge in [-0.3, -0.25) is 14.8 Å². The van der Waals surface area contributed by atoms with Crippen LogP contribution in [0.2, 0.25) is 0 Å². The van der Waals surface area contributed by atoms with Gasteiger partial charge in [-0.2, -0.15) is 0 Å². The van der Waals surface area contributed by atoms with Crippen LogP contribution in [0.15, 0.2) is 24.3 Å². The summed E-state index contributed by atoms with van der Waals surface area (Å²) in [5, 5.41) is 8.72. The zero-order chi connectivity index (χ0) is 16.3. The third-order valence-electron chi connectivity index (χ3n) is 4.69. The summed E-state index contributed by atoms with van der Waals surface area (Å²) < 4.78 is 0. The minimum Gasteiger partial charge on any atom is -0.330 e. The molecule has 1 aliphatic rings. The van der Waals surface area contributed by atoms with Crippen molar-refractivity contribution < 1.29 is 14.8 Å². The van der Waals surface area contributed by atoms with Crippen molar-refractivity contribution in [3.63, 3.8) is 0 Å². The van der Waals surface area contributed by atoms with E-state index in [0.29, 0.717) is 6.54 Å². The molecule has 2 atom stereocenters. The number of aryl methyl sites for hydroxylation is 2. The Morgan fingerprint density at radius 3 is 2.86 bits per heavy atom. The lowest BCUT2D eigenvalue weighted by molar-refractivity contribution is -0.145. The number of hydroxylamine groups is 1. The molecule has 0 aromatic heterocycles. The van der Waals surface area contributed by atoms with Gasteiger partial charge in [0.15, 0.2) is 0 Å². The first kappa shape index (κ1) is 16.5. The lowest BCUT2D eigenvalue weighted by Gasteiger charge is -2.26. The number of hydrogen-bond acceptors (Lipinski definition) is 3. The topological polar surface area (TPSA) is 69.6 Å². The number of carbonyl (C=O) groups is 2. The van der Waals surface area contributed by atoms with Gasteiger partial charge >= 0.3 is 0 Å². The number of nitrogens with zero attached hydrogens (tertiary/aromatic N) is 1. The SMILES string of the molecule is Cc1cccc(CCC2(C)CCN([C@H](C)C(=O)NO)C2=O)c1. The molecule has 1 aromatic rings. The molecule has 0 saturated carbocycles. The molecule has 5 nitrogen and oxygen atoms in total. The van der Waals surface area contributed by atoms with Crippen LogP contribution >= 0.6 is 0 Å². The van der Waals surface area contributed by atoms with Gasteiger partial charge in [-0.05, 0) is 38.7 Å². The summed E-state index contributed by atoms with van der Waals surface area (Å²) in [5.41, 5.74) is 3.63. The smallest absolute Gasteiger partial charge is 0.265 e. The quantitative estimate of drug-likeness (QED) is 0.646. The highest BCUT2D eigenvalue weighted by molar-refractivity contribution is 5.90. The molecule has 1 heterocycles. The van der Waals surface area contributed by atoms with Gasteiger partial charge in [0, 0.05) is 12.0 Å². The summed E-state index contributed by atoms with van der Waals surface area (Å²) in [4.78, 5) is 25.7. The molecule has 1 aromatic carbocycles. The maximum absolute atomic E-state index is 12.6. The molecule has 1 fully saturated rings. The van der Waals surface area contributed by atoms with Crippen LogP contribution in [0.1, 0.15) is 37.8 Å². The highest BCUT2D eigenvalue weighted by atomic mass is 16.5. The first-order valence-corrected chi connectivity index (χ1v) is 7.68. The fourth-order valence-corrected chi connectivity index (χ4v) is 3.05. The Labute approximate surface area is 131 Å². The van der Waals surface area contributed by atoms with Crippen molar-refractivity contribution in [3.8, 4) is 0 Å². The highest BCUT2D eigenvalue weighted by Gasteiger charge is 2.45. The summed E-state index contributed by atoms with van der Waals surface area (Å²) in [6.07, 6.45) is 2.35. The average molecular weight is 304 g/mol. The molecule has 22 heavy (non-hydrogen) atoms. The van der Waals surface area contributed by atoms with E-state index in [0.717, 1.165) is 19.3 Å². The van der Waals surface area contributed by atoms with Crippen LogP contribution < -0.4 is 5.48 Å². The second kappa shape index (κ2) is 6.48. The zero-order valence-corrected chi connectivity index (χ0v) is 13.4. The Balaban J connectivity index is 2.02. The fraction of sp³-hybridized carbons (Fsp3) is 0.529. The van der Waals surface area contributed by atoms with Crippen molar-refractivity contribution in [1.82, 2.24) is 10.4 Å². The number of likely N-dealkylation sites (tertiary alicyclic amines) is 1. The standard InChI is InChI=1S/C17H24N2O3/c1-12-5-4-6-14(11-12)7-8-17(3)9-10-19(16(17)21)13(2)15(20)18-22/h4-6,11,13,22H,7-10H2,1-3H3,(H,18,20)/t13-,17?/m1/s1. The predicted molar refractivity (Wildman–Crippen MR) is 83.3 cm³/mol. The van der Waals surface area contributed by atoms with Crippen LogP contribution in [0.5, 0.6) is 0 Å². The molecule has 1 saturated heterocycles. The van der Waals surface area contributed by atoms with E-state index >= 15 is 0 Å². The van der Waals surface area contributed by atoms with Gasteiger partial charge in [-0.15, -0.1) is 0 Å². The van der Waals surface area contributed by atoms with E-state index in [-0.39, 0.29) is 5.91 Å². The van der Waals surface area contributed by atoms with E-state index in [1.165, 1.54) is 11.1 Å². The minimum absolute atomic E-state index is 0.00347. The Kier molecular flexibility index (Phi) is 4.86. The lowest BCUT2D eigenvalue weighted by Crippen LogP contribution is -2.46. The molecule has 0 spiro atoms. The molecule has 2 rings (SSSR count). The van der Waals surface area contributed by atoms with E-state index in [9.17, 15) is 9.59 Å². The Bertz CT molecular complexity index is 573. The number of amides is 2. The van der Waals surface area contributed by atoms with Crippen molar-refractivity contribution in [2.75, 3.05) is 6.54 Å². The third kappa shape index (κ3) is 3.30. The second-order valence-electron chi connectivity index (χ2n) is 6.45. The fourth-order valence-electron chi connectivity index (χ4n) is 3.05. The summed E-state index contributed by atoms with van der Waals surface area (Å²) in [5.74, 6) is -0.549. The number of benzene rings is 1. The zero-order valence-electron chi connectivity index (χ0n) is 13.4. The van der Waals surface area contributed by atoms with E-state index in [2.05, 4.69) is 25.1 Å². The Morgan fingerprint density at radius 1 is 1.50 bits per heavy atom. The predicted octanol–water partition coefficient (Wildman–Crippen LogP) is 2.06. The van der Waals surface area contributed by atoms with Gasteiger partial charge < -0.3 is 4.90 Å². The lowest BCUT2D eigenvalue weighted by atomic mass is 9.82. The van der Waals surface area contributed by atoms with E-state index in [4.69, 9.17) is 5.21 Å². The molecule has 0 bridgehead atoms. The van der Waals surface area contributed by atoms with Gasteiger partial charge in [0.05, 0.1) is 0 Å². The minimum atomic E-state index is -0.640.